The minimum absolute atomic E-state index is 0.0111. The Hall–Kier alpha value is -1.92. The predicted molar refractivity (Wildman–Crippen MR) is 310 cm³/mol. The number of amides is 1. The van der Waals surface area contributed by atoms with Gasteiger partial charge < -0.3 is 20.3 Å². The van der Waals surface area contributed by atoms with Crippen molar-refractivity contribution in [2.24, 2.45) is 0 Å². The Morgan fingerprint density at radius 2 is 0.732 bits per heavy atom. The average Bonchev–Trinajstić information content (AvgIpc) is 3.37. The fourth-order valence-corrected chi connectivity index (χ4v) is 9.79. The standard InChI is InChI=1S/C65H123NO5/c1-3-5-7-9-11-13-15-17-18-19-20-21-22-24-27-30-34-37-41-45-49-53-57-63(68)62(61-67)66-64(69)58-54-50-46-42-38-35-31-28-25-23-26-29-32-36-40-44-48-52-56-60-71-65(70)59-55-51-47-43-39-33-16-14-12-10-8-6-4-2/h8,10,14,16,23,25,62-63,67-68H,3-7,9,11-13,15,17-22,24,26-61H2,1-2H3,(H,66,69)/b10-8-,16-14-,25-23-. The van der Waals surface area contributed by atoms with Gasteiger partial charge in [0, 0.05) is 12.8 Å². The Morgan fingerprint density at radius 1 is 0.394 bits per heavy atom. The van der Waals surface area contributed by atoms with E-state index in [4.69, 9.17) is 4.74 Å². The van der Waals surface area contributed by atoms with Crippen LogP contribution in [0.2, 0.25) is 0 Å². The van der Waals surface area contributed by atoms with Crippen LogP contribution in [0.4, 0.5) is 0 Å². The summed E-state index contributed by atoms with van der Waals surface area (Å²) in [5.41, 5.74) is 0. The molecular weight excluding hydrogens is 875 g/mol. The molecule has 0 aliphatic carbocycles. The lowest BCUT2D eigenvalue weighted by atomic mass is 10.0. The molecule has 2 unspecified atom stereocenters. The summed E-state index contributed by atoms with van der Waals surface area (Å²) in [4.78, 5) is 24.5. The molecule has 6 heteroatoms. The number of unbranched alkanes of at least 4 members (excludes halogenated alkanes) is 42. The van der Waals surface area contributed by atoms with Gasteiger partial charge in [0.05, 0.1) is 25.4 Å². The molecule has 0 aromatic carbocycles. The molecule has 0 aromatic heterocycles. The second-order valence-electron chi connectivity index (χ2n) is 21.7. The van der Waals surface area contributed by atoms with Gasteiger partial charge in [-0.05, 0) is 77.0 Å². The third-order valence-electron chi connectivity index (χ3n) is 14.6. The fourth-order valence-electron chi connectivity index (χ4n) is 9.79. The maximum Gasteiger partial charge on any atom is 0.305 e. The van der Waals surface area contributed by atoms with Crippen LogP contribution in [0.3, 0.4) is 0 Å². The molecule has 0 aliphatic heterocycles. The Labute approximate surface area is 443 Å². The minimum Gasteiger partial charge on any atom is -0.466 e. The Balaban J connectivity index is 3.45. The summed E-state index contributed by atoms with van der Waals surface area (Å²) in [7, 11) is 0. The van der Waals surface area contributed by atoms with E-state index < -0.39 is 12.1 Å². The van der Waals surface area contributed by atoms with Crippen molar-refractivity contribution in [3.05, 3.63) is 36.5 Å². The highest BCUT2D eigenvalue weighted by Gasteiger charge is 2.20. The number of hydrogen-bond acceptors (Lipinski definition) is 5. The number of allylic oxidation sites excluding steroid dienone is 6. The summed E-state index contributed by atoms with van der Waals surface area (Å²) in [6, 6.07) is -0.550. The second-order valence-corrected chi connectivity index (χ2v) is 21.7. The average molecular weight is 999 g/mol. The first kappa shape index (κ1) is 69.1. The van der Waals surface area contributed by atoms with Crippen molar-refractivity contribution in [3.63, 3.8) is 0 Å². The summed E-state index contributed by atoms with van der Waals surface area (Å²) in [6.07, 6.45) is 75.8. The van der Waals surface area contributed by atoms with Crippen LogP contribution in [0.25, 0.3) is 0 Å². The van der Waals surface area contributed by atoms with Crippen LogP contribution in [0.1, 0.15) is 341 Å². The predicted octanol–water partition coefficient (Wildman–Crippen LogP) is 20.0. The number of rotatable bonds is 59. The number of hydrogen-bond donors (Lipinski definition) is 3. The van der Waals surface area contributed by atoms with E-state index in [1.54, 1.807) is 0 Å². The quantitative estimate of drug-likeness (QED) is 0.0321. The topological polar surface area (TPSA) is 95.9 Å². The third-order valence-corrected chi connectivity index (χ3v) is 14.6. The lowest BCUT2D eigenvalue weighted by molar-refractivity contribution is -0.143. The number of carbonyl (C=O) groups is 2. The lowest BCUT2D eigenvalue weighted by Gasteiger charge is -2.22. The summed E-state index contributed by atoms with van der Waals surface area (Å²) >= 11 is 0. The van der Waals surface area contributed by atoms with Crippen molar-refractivity contribution >= 4 is 11.9 Å². The van der Waals surface area contributed by atoms with Crippen LogP contribution in [0, 0.1) is 0 Å². The van der Waals surface area contributed by atoms with Gasteiger partial charge >= 0.3 is 5.97 Å². The molecule has 1 amide bonds. The lowest BCUT2D eigenvalue weighted by Crippen LogP contribution is -2.45. The summed E-state index contributed by atoms with van der Waals surface area (Å²) in [5.74, 6) is -0.0530. The van der Waals surface area contributed by atoms with E-state index in [0.29, 0.717) is 25.9 Å². The molecule has 6 nitrogen and oxygen atoms in total. The van der Waals surface area contributed by atoms with E-state index >= 15 is 0 Å². The van der Waals surface area contributed by atoms with Crippen molar-refractivity contribution in [1.82, 2.24) is 5.32 Å². The number of aliphatic hydroxyl groups excluding tert-OH is 2. The Bertz CT molecular complexity index is 1150. The molecular formula is C65H123NO5. The third kappa shape index (κ3) is 57.2. The van der Waals surface area contributed by atoms with E-state index in [1.807, 2.05) is 0 Å². The molecule has 0 saturated carbocycles. The monoisotopic (exact) mass is 998 g/mol. The highest BCUT2D eigenvalue weighted by molar-refractivity contribution is 5.76. The van der Waals surface area contributed by atoms with Crippen molar-refractivity contribution in [1.29, 1.82) is 0 Å². The van der Waals surface area contributed by atoms with Crippen LogP contribution < -0.4 is 5.32 Å². The largest absolute Gasteiger partial charge is 0.466 e. The molecule has 0 fully saturated rings. The van der Waals surface area contributed by atoms with Gasteiger partial charge in [0.25, 0.3) is 0 Å². The molecule has 0 heterocycles. The zero-order valence-electron chi connectivity index (χ0n) is 47.7. The maximum atomic E-state index is 12.5. The highest BCUT2D eigenvalue weighted by atomic mass is 16.5. The van der Waals surface area contributed by atoms with Crippen LogP contribution in [-0.2, 0) is 14.3 Å². The maximum absolute atomic E-state index is 12.5. The SMILES string of the molecule is CCC/C=C\C/C=C\CCCCCCCC(=O)OCCCCCCCCCC/C=C\CCCCCCCCCC(=O)NC(CO)C(O)CCCCCCCCCCCCCCCCCCCCCCCC. The molecule has 2 atom stereocenters. The number of nitrogens with one attached hydrogen (secondary N) is 1. The molecule has 0 aromatic rings. The molecule has 0 radical (unpaired) electrons. The van der Waals surface area contributed by atoms with E-state index in [1.165, 1.54) is 250 Å². The molecule has 0 bridgehead atoms. The van der Waals surface area contributed by atoms with Gasteiger partial charge in [0.1, 0.15) is 0 Å². The van der Waals surface area contributed by atoms with E-state index in [9.17, 15) is 19.8 Å². The second kappa shape index (κ2) is 60.6. The van der Waals surface area contributed by atoms with E-state index in [-0.39, 0.29) is 18.5 Å². The van der Waals surface area contributed by atoms with Crippen LogP contribution >= 0.6 is 0 Å². The van der Waals surface area contributed by atoms with Crippen molar-refractivity contribution < 1.29 is 24.5 Å². The zero-order chi connectivity index (χ0) is 51.4. The highest BCUT2D eigenvalue weighted by Crippen LogP contribution is 2.18. The minimum atomic E-state index is -0.672. The van der Waals surface area contributed by atoms with Gasteiger partial charge in [-0.3, -0.25) is 9.59 Å². The molecule has 0 rings (SSSR count). The normalized spacial score (nSPS) is 12.8. The van der Waals surface area contributed by atoms with Gasteiger partial charge in [0.15, 0.2) is 0 Å². The van der Waals surface area contributed by atoms with Gasteiger partial charge in [0.2, 0.25) is 5.91 Å². The fraction of sp³-hybridized carbons (Fsp3) is 0.877. The summed E-state index contributed by atoms with van der Waals surface area (Å²) in [5, 5.41) is 23.4. The van der Waals surface area contributed by atoms with Crippen molar-refractivity contribution in [3.8, 4) is 0 Å². The summed E-state index contributed by atoms with van der Waals surface area (Å²) < 4.78 is 5.46. The number of ether oxygens (including phenoxy) is 1. The van der Waals surface area contributed by atoms with Gasteiger partial charge in [-0.2, -0.15) is 0 Å². The first-order chi connectivity index (χ1) is 35.0. The van der Waals surface area contributed by atoms with Gasteiger partial charge in [-0.15, -0.1) is 0 Å². The van der Waals surface area contributed by atoms with Crippen LogP contribution in [0.15, 0.2) is 36.5 Å². The summed E-state index contributed by atoms with van der Waals surface area (Å²) in [6.45, 7) is 4.89. The van der Waals surface area contributed by atoms with Crippen LogP contribution in [-0.4, -0.2) is 47.4 Å². The van der Waals surface area contributed by atoms with Gasteiger partial charge in [-0.1, -0.05) is 288 Å². The van der Waals surface area contributed by atoms with Crippen molar-refractivity contribution in [2.75, 3.05) is 13.2 Å². The molecule has 71 heavy (non-hydrogen) atoms. The zero-order valence-corrected chi connectivity index (χ0v) is 47.7. The Kier molecular flexibility index (Phi) is 59.0. The van der Waals surface area contributed by atoms with Crippen molar-refractivity contribution in [2.45, 2.75) is 353 Å². The molecule has 0 spiro atoms. The van der Waals surface area contributed by atoms with E-state index in [2.05, 4.69) is 55.6 Å². The van der Waals surface area contributed by atoms with Crippen LogP contribution in [0.5, 0.6) is 0 Å². The smallest absolute Gasteiger partial charge is 0.305 e. The van der Waals surface area contributed by atoms with E-state index in [0.717, 1.165) is 57.8 Å². The first-order valence-electron chi connectivity index (χ1n) is 31.7. The number of esters is 1. The molecule has 418 valence electrons. The molecule has 0 saturated heterocycles. The number of aliphatic hydroxyl groups is 2. The Morgan fingerprint density at radius 3 is 1.14 bits per heavy atom. The number of carbonyl (C=O) groups excluding carboxylic acids is 2. The van der Waals surface area contributed by atoms with Gasteiger partial charge in [-0.25, -0.2) is 0 Å². The first-order valence-corrected chi connectivity index (χ1v) is 31.7. The molecule has 0 aliphatic rings. The molecule has 3 N–H and O–H groups in total.